The van der Waals surface area contributed by atoms with Crippen molar-refractivity contribution in [2.75, 3.05) is 11.9 Å². The number of anilines is 1. The van der Waals surface area contributed by atoms with Crippen LogP contribution in [-0.2, 0) is 20.7 Å². The number of aliphatic carboxylic acids is 1. The summed E-state index contributed by atoms with van der Waals surface area (Å²) < 4.78 is 5.06. The number of ether oxygens (including phenoxy) is 1. The molecule has 2 rings (SSSR count). The number of thiophene rings is 1. The first-order valence-electron chi connectivity index (χ1n) is 8.46. The van der Waals surface area contributed by atoms with Gasteiger partial charge in [-0.25, -0.2) is 4.79 Å². The summed E-state index contributed by atoms with van der Waals surface area (Å²) in [5.74, 6) is -3.21. The summed E-state index contributed by atoms with van der Waals surface area (Å²) in [5.41, 5.74) is 0.335. The molecule has 25 heavy (non-hydrogen) atoms. The highest BCUT2D eigenvalue weighted by Gasteiger charge is 2.34. The number of nitrogens with one attached hydrogen (secondary N) is 1. The van der Waals surface area contributed by atoms with Crippen molar-refractivity contribution in [3.63, 3.8) is 0 Å². The fourth-order valence-corrected chi connectivity index (χ4v) is 4.00. The molecule has 0 fully saturated rings. The Labute approximate surface area is 150 Å². The molecule has 136 valence electrons. The van der Waals surface area contributed by atoms with Crippen molar-refractivity contribution in [3.05, 3.63) is 28.7 Å². The Hall–Kier alpha value is -2.15. The number of carboxylic acids is 1. The number of rotatable bonds is 7. The lowest BCUT2D eigenvalue weighted by Gasteiger charge is -2.24. The fraction of sp³-hybridized carbons (Fsp3) is 0.500. The van der Waals surface area contributed by atoms with Crippen molar-refractivity contribution in [2.24, 2.45) is 11.8 Å². The van der Waals surface area contributed by atoms with Gasteiger partial charge >= 0.3 is 11.9 Å². The Morgan fingerprint density at radius 3 is 2.52 bits per heavy atom. The van der Waals surface area contributed by atoms with Crippen LogP contribution in [0.25, 0.3) is 0 Å². The number of aryl methyl sites for hydroxylation is 1. The standard InChI is InChI=1S/C18H23NO5S/c1-3-7-11-10-14(18(23)24-4-2)16(25-11)19-15(20)12-8-5-6-9-13(12)17(21)22/h5-6,10,12-13H,3-4,7-9H2,1-2H3,(H,19,20)(H,21,22)/t12-,13+/m1/s1. The number of hydrogen-bond donors (Lipinski definition) is 2. The van der Waals surface area contributed by atoms with Gasteiger partial charge in [0, 0.05) is 4.88 Å². The molecule has 0 saturated carbocycles. The summed E-state index contributed by atoms with van der Waals surface area (Å²) in [4.78, 5) is 37.1. The van der Waals surface area contributed by atoms with Gasteiger partial charge in [0.05, 0.1) is 24.0 Å². The Morgan fingerprint density at radius 1 is 1.24 bits per heavy atom. The molecule has 1 aliphatic carbocycles. The topological polar surface area (TPSA) is 92.7 Å². The molecular formula is C18H23NO5S. The van der Waals surface area contributed by atoms with Crippen LogP contribution in [0.15, 0.2) is 18.2 Å². The lowest BCUT2D eigenvalue weighted by Crippen LogP contribution is -2.34. The molecule has 1 aromatic rings. The van der Waals surface area contributed by atoms with Crippen LogP contribution in [0.5, 0.6) is 0 Å². The maximum atomic E-state index is 12.6. The van der Waals surface area contributed by atoms with Gasteiger partial charge in [-0.3, -0.25) is 9.59 Å². The molecule has 2 atom stereocenters. The van der Waals surface area contributed by atoms with E-state index in [2.05, 4.69) is 5.32 Å². The molecule has 1 aliphatic rings. The largest absolute Gasteiger partial charge is 0.481 e. The van der Waals surface area contributed by atoms with Crippen molar-refractivity contribution >= 4 is 34.2 Å². The Morgan fingerprint density at radius 2 is 1.92 bits per heavy atom. The van der Waals surface area contributed by atoms with Crippen LogP contribution < -0.4 is 5.32 Å². The molecule has 1 aromatic heterocycles. The lowest BCUT2D eigenvalue weighted by atomic mass is 9.82. The minimum absolute atomic E-state index is 0.250. The maximum Gasteiger partial charge on any atom is 0.341 e. The van der Waals surface area contributed by atoms with E-state index in [4.69, 9.17) is 4.74 Å². The van der Waals surface area contributed by atoms with Gasteiger partial charge in [-0.05, 0) is 32.3 Å². The number of hydrogen-bond acceptors (Lipinski definition) is 5. The summed E-state index contributed by atoms with van der Waals surface area (Å²) in [7, 11) is 0. The van der Waals surface area contributed by atoms with Crippen molar-refractivity contribution in [3.8, 4) is 0 Å². The third-order valence-electron chi connectivity index (χ3n) is 4.10. The zero-order chi connectivity index (χ0) is 18.4. The number of carboxylic acid groups (broad SMARTS) is 1. The summed E-state index contributed by atoms with van der Waals surface area (Å²) in [5, 5.41) is 12.5. The van der Waals surface area contributed by atoms with Crippen molar-refractivity contribution in [1.82, 2.24) is 0 Å². The quantitative estimate of drug-likeness (QED) is 0.570. The predicted octanol–water partition coefficient (Wildman–Crippen LogP) is 3.48. The van der Waals surface area contributed by atoms with Gasteiger partial charge in [0.2, 0.25) is 5.91 Å². The summed E-state index contributed by atoms with van der Waals surface area (Å²) in [6.45, 7) is 4.01. The average Bonchev–Trinajstić information content (AvgIpc) is 2.98. The molecule has 6 nitrogen and oxygen atoms in total. The second-order valence-corrected chi connectivity index (χ2v) is 7.05. The van der Waals surface area contributed by atoms with Crippen molar-refractivity contribution < 1.29 is 24.2 Å². The van der Waals surface area contributed by atoms with E-state index in [1.807, 2.05) is 13.0 Å². The summed E-state index contributed by atoms with van der Waals surface area (Å²) in [6.07, 6.45) is 6.06. The molecule has 0 unspecified atom stereocenters. The molecule has 2 N–H and O–H groups in total. The second kappa shape index (κ2) is 8.80. The molecule has 7 heteroatoms. The van der Waals surface area contributed by atoms with Crippen LogP contribution in [0.3, 0.4) is 0 Å². The zero-order valence-electron chi connectivity index (χ0n) is 14.4. The third kappa shape index (κ3) is 4.69. The molecule has 0 aliphatic heterocycles. The smallest absolute Gasteiger partial charge is 0.341 e. The van der Waals surface area contributed by atoms with Crippen molar-refractivity contribution in [2.45, 2.75) is 39.5 Å². The average molecular weight is 365 g/mol. The van der Waals surface area contributed by atoms with E-state index in [1.165, 1.54) is 11.3 Å². The van der Waals surface area contributed by atoms with Crippen LogP contribution in [0.2, 0.25) is 0 Å². The number of amides is 1. The highest BCUT2D eigenvalue weighted by Crippen LogP contribution is 2.32. The third-order valence-corrected chi connectivity index (χ3v) is 5.21. The Balaban J connectivity index is 2.22. The van der Waals surface area contributed by atoms with Crippen LogP contribution >= 0.6 is 11.3 Å². The zero-order valence-corrected chi connectivity index (χ0v) is 15.2. The first-order valence-corrected chi connectivity index (χ1v) is 9.28. The van der Waals surface area contributed by atoms with E-state index in [9.17, 15) is 19.5 Å². The Bertz CT molecular complexity index is 679. The molecule has 1 heterocycles. The van der Waals surface area contributed by atoms with E-state index >= 15 is 0 Å². The molecule has 0 saturated heterocycles. The van der Waals surface area contributed by atoms with Gasteiger partial charge in [-0.15, -0.1) is 11.3 Å². The first-order chi connectivity index (χ1) is 12.0. The van der Waals surface area contributed by atoms with Crippen molar-refractivity contribution in [1.29, 1.82) is 0 Å². The first kappa shape index (κ1) is 19.2. The molecule has 0 aromatic carbocycles. The molecule has 0 bridgehead atoms. The van der Waals surface area contributed by atoms with Crippen LogP contribution in [0, 0.1) is 11.8 Å². The molecular weight excluding hydrogens is 342 g/mol. The van der Waals surface area contributed by atoms with E-state index in [0.29, 0.717) is 23.4 Å². The van der Waals surface area contributed by atoms with Gasteiger partial charge in [-0.1, -0.05) is 25.5 Å². The van der Waals surface area contributed by atoms with Gasteiger partial charge < -0.3 is 15.2 Å². The monoisotopic (exact) mass is 365 g/mol. The number of carbonyl (C=O) groups excluding carboxylic acids is 2. The van der Waals surface area contributed by atoms with E-state index in [-0.39, 0.29) is 12.5 Å². The van der Waals surface area contributed by atoms with Gasteiger partial charge in [0.25, 0.3) is 0 Å². The van der Waals surface area contributed by atoms with E-state index in [0.717, 1.165) is 17.7 Å². The molecule has 0 radical (unpaired) electrons. The second-order valence-electron chi connectivity index (χ2n) is 5.91. The highest BCUT2D eigenvalue weighted by atomic mass is 32.1. The van der Waals surface area contributed by atoms with Gasteiger partial charge in [0.15, 0.2) is 0 Å². The Kier molecular flexibility index (Phi) is 6.75. The molecule has 1 amide bonds. The minimum Gasteiger partial charge on any atom is -0.481 e. The van der Waals surface area contributed by atoms with Crippen LogP contribution in [0.1, 0.15) is 48.3 Å². The highest BCUT2D eigenvalue weighted by molar-refractivity contribution is 7.16. The van der Waals surface area contributed by atoms with Gasteiger partial charge in [0.1, 0.15) is 5.00 Å². The normalized spacial score (nSPS) is 19.4. The summed E-state index contributed by atoms with van der Waals surface area (Å²) in [6, 6.07) is 1.75. The number of carbonyl (C=O) groups is 3. The lowest BCUT2D eigenvalue weighted by molar-refractivity contribution is -0.146. The fourth-order valence-electron chi connectivity index (χ4n) is 2.85. The van der Waals surface area contributed by atoms with E-state index < -0.39 is 23.8 Å². The summed E-state index contributed by atoms with van der Waals surface area (Å²) >= 11 is 1.34. The number of esters is 1. The maximum absolute atomic E-state index is 12.6. The van der Waals surface area contributed by atoms with Crippen LogP contribution in [0.4, 0.5) is 5.00 Å². The van der Waals surface area contributed by atoms with E-state index in [1.54, 1.807) is 19.1 Å². The number of allylic oxidation sites excluding steroid dienone is 2. The van der Waals surface area contributed by atoms with Crippen LogP contribution in [-0.4, -0.2) is 29.6 Å². The van der Waals surface area contributed by atoms with Gasteiger partial charge in [-0.2, -0.15) is 0 Å². The molecule has 0 spiro atoms. The SMILES string of the molecule is CCCc1cc(C(=O)OCC)c(NC(=O)[C@@H]2CC=CC[C@@H]2C(=O)O)s1. The predicted molar refractivity (Wildman–Crippen MR) is 95.9 cm³/mol. The minimum atomic E-state index is -0.979.